The molecule has 1 heterocycles. The smallest absolute Gasteiger partial charge is 0.343 e. The van der Waals surface area contributed by atoms with E-state index in [0.717, 1.165) is 11.5 Å². The largest absolute Gasteiger partial charge is 0.493 e. The van der Waals surface area contributed by atoms with Crippen LogP contribution >= 0.6 is 35.1 Å². The van der Waals surface area contributed by atoms with Crippen molar-refractivity contribution >= 4 is 47.0 Å². The van der Waals surface area contributed by atoms with Crippen molar-refractivity contribution in [1.29, 1.82) is 0 Å². The second-order valence-electron chi connectivity index (χ2n) is 5.78. The lowest BCUT2D eigenvalue weighted by molar-refractivity contribution is -0.119. The molecule has 0 bridgehead atoms. The summed E-state index contributed by atoms with van der Waals surface area (Å²) in [5.41, 5.74) is 6.47. The number of carbonyl (C=O) groups is 2. The Bertz CT molecular complexity index is 869. The Morgan fingerprint density at radius 1 is 1.18 bits per heavy atom. The predicted octanol–water partition coefficient (Wildman–Crippen LogP) is 3.91. The number of benzene rings is 2. The maximum absolute atomic E-state index is 12.5. The highest BCUT2D eigenvalue weighted by molar-refractivity contribution is 8.19. The molecule has 1 fully saturated rings. The Morgan fingerprint density at radius 2 is 1.86 bits per heavy atom. The lowest BCUT2D eigenvalue weighted by Gasteiger charge is -2.13. The van der Waals surface area contributed by atoms with Crippen LogP contribution in [0.15, 0.2) is 36.4 Å². The Morgan fingerprint density at radius 3 is 2.46 bits per heavy atom. The van der Waals surface area contributed by atoms with Gasteiger partial charge < -0.3 is 19.9 Å². The first-order chi connectivity index (χ1) is 13.5. The highest BCUT2D eigenvalue weighted by Gasteiger charge is 2.20. The molecule has 148 valence electrons. The standard InChI is InChI=1S/C19H18ClNO5S2/c1-24-15-9-12(8-14(20)17(15)25-10-16(21)22)18(23)26-13-4-2-11(3-5-13)19-27-6-7-28-19/h2-5,8-9,19H,6-7,10H2,1H3,(H2,21,22). The number of amides is 1. The van der Waals surface area contributed by atoms with Gasteiger partial charge in [0.2, 0.25) is 0 Å². The van der Waals surface area contributed by atoms with Gasteiger partial charge in [-0.15, -0.1) is 23.5 Å². The van der Waals surface area contributed by atoms with Gasteiger partial charge in [0.1, 0.15) is 5.75 Å². The zero-order valence-electron chi connectivity index (χ0n) is 15.0. The number of methoxy groups -OCH3 is 1. The van der Waals surface area contributed by atoms with E-state index in [1.807, 2.05) is 35.7 Å². The van der Waals surface area contributed by atoms with E-state index in [4.69, 9.17) is 31.5 Å². The van der Waals surface area contributed by atoms with Crippen LogP contribution in [0, 0.1) is 0 Å². The second-order valence-corrected chi connectivity index (χ2v) is 8.91. The first kappa shape index (κ1) is 20.7. The number of nitrogens with two attached hydrogens (primary N) is 1. The van der Waals surface area contributed by atoms with Crippen molar-refractivity contribution in [2.24, 2.45) is 5.73 Å². The van der Waals surface area contributed by atoms with Crippen molar-refractivity contribution in [1.82, 2.24) is 0 Å². The first-order valence-corrected chi connectivity index (χ1v) is 10.8. The van der Waals surface area contributed by atoms with E-state index in [2.05, 4.69) is 0 Å². The molecule has 9 heteroatoms. The zero-order valence-corrected chi connectivity index (χ0v) is 17.4. The van der Waals surface area contributed by atoms with E-state index >= 15 is 0 Å². The van der Waals surface area contributed by atoms with E-state index in [0.29, 0.717) is 10.3 Å². The minimum absolute atomic E-state index is 0.109. The summed E-state index contributed by atoms with van der Waals surface area (Å²) in [6.07, 6.45) is 0. The third-order valence-corrected chi connectivity index (χ3v) is 7.19. The van der Waals surface area contributed by atoms with Crippen LogP contribution in [0.1, 0.15) is 20.5 Å². The van der Waals surface area contributed by atoms with Gasteiger partial charge in [-0.3, -0.25) is 4.79 Å². The number of primary amides is 1. The third-order valence-electron chi connectivity index (χ3n) is 3.81. The molecule has 0 radical (unpaired) electrons. The Kier molecular flexibility index (Phi) is 6.98. The van der Waals surface area contributed by atoms with E-state index in [1.165, 1.54) is 24.8 Å². The lowest BCUT2D eigenvalue weighted by atomic mass is 10.2. The van der Waals surface area contributed by atoms with Crippen LogP contribution in [-0.4, -0.2) is 37.1 Å². The number of halogens is 1. The van der Waals surface area contributed by atoms with Crippen molar-refractivity contribution in [3.05, 3.63) is 52.5 Å². The van der Waals surface area contributed by atoms with E-state index < -0.39 is 11.9 Å². The molecule has 0 saturated carbocycles. The van der Waals surface area contributed by atoms with Gasteiger partial charge in [0.15, 0.2) is 18.1 Å². The highest BCUT2D eigenvalue weighted by Crippen LogP contribution is 2.45. The van der Waals surface area contributed by atoms with Gasteiger partial charge in [0.25, 0.3) is 5.91 Å². The molecular formula is C19H18ClNO5S2. The molecule has 1 amide bonds. The summed E-state index contributed by atoms with van der Waals surface area (Å²) >= 11 is 9.99. The Balaban J connectivity index is 1.73. The molecule has 1 aliphatic heterocycles. The van der Waals surface area contributed by atoms with Gasteiger partial charge in [-0.1, -0.05) is 23.7 Å². The van der Waals surface area contributed by atoms with Gasteiger partial charge >= 0.3 is 5.97 Å². The molecular weight excluding hydrogens is 422 g/mol. The zero-order chi connectivity index (χ0) is 20.1. The monoisotopic (exact) mass is 439 g/mol. The van der Waals surface area contributed by atoms with Crippen LogP contribution in [0.4, 0.5) is 0 Å². The number of rotatable bonds is 7. The summed E-state index contributed by atoms with van der Waals surface area (Å²) in [5, 5.41) is 0.109. The summed E-state index contributed by atoms with van der Waals surface area (Å²) in [5.74, 6) is 1.83. The maximum atomic E-state index is 12.5. The molecule has 28 heavy (non-hydrogen) atoms. The summed E-state index contributed by atoms with van der Waals surface area (Å²) in [6, 6.07) is 10.3. The van der Waals surface area contributed by atoms with Gasteiger partial charge in [0.05, 0.1) is 22.3 Å². The van der Waals surface area contributed by atoms with Crippen LogP contribution in [-0.2, 0) is 4.79 Å². The van der Waals surface area contributed by atoms with Crippen LogP contribution in [0.2, 0.25) is 5.02 Å². The fraction of sp³-hybridized carbons (Fsp3) is 0.263. The van der Waals surface area contributed by atoms with Crippen molar-refractivity contribution < 1.29 is 23.8 Å². The van der Waals surface area contributed by atoms with Crippen LogP contribution < -0.4 is 19.9 Å². The Hall–Kier alpha value is -2.03. The summed E-state index contributed by atoms with van der Waals surface area (Å²) in [4.78, 5) is 23.4. The predicted molar refractivity (Wildman–Crippen MR) is 112 cm³/mol. The minimum atomic E-state index is -0.653. The molecule has 1 aliphatic rings. The van der Waals surface area contributed by atoms with Gasteiger partial charge in [-0.2, -0.15) is 0 Å². The molecule has 6 nitrogen and oxygen atoms in total. The summed E-state index contributed by atoms with van der Waals surface area (Å²) < 4.78 is 16.3. The minimum Gasteiger partial charge on any atom is -0.493 e. The number of hydrogen-bond acceptors (Lipinski definition) is 7. The topological polar surface area (TPSA) is 87.8 Å². The van der Waals surface area contributed by atoms with E-state index in [-0.39, 0.29) is 28.7 Å². The summed E-state index contributed by atoms with van der Waals surface area (Å²) in [7, 11) is 1.40. The molecule has 0 unspecified atom stereocenters. The van der Waals surface area contributed by atoms with Crippen molar-refractivity contribution in [2.75, 3.05) is 25.2 Å². The van der Waals surface area contributed by atoms with Crippen molar-refractivity contribution in [2.45, 2.75) is 4.58 Å². The summed E-state index contributed by atoms with van der Waals surface area (Å²) in [6.45, 7) is -0.357. The molecule has 0 aromatic heterocycles. The Labute approximate surface area is 176 Å². The second kappa shape index (κ2) is 9.45. The number of thioether (sulfide) groups is 2. The average molecular weight is 440 g/mol. The maximum Gasteiger partial charge on any atom is 0.343 e. The molecule has 3 rings (SSSR count). The fourth-order valence-electron chi connectivity index (χ4n) is 2.53. The average Bonchev–Trinajstić information content (AvgIpc) is 3.21. The SMILES string of the molecule is COc1cc(C(=O)Oc2ccc(C3SCCS3)cc2)cc(Cl)c1OCC(N)=O. The fourth-order valence-corrected chi connectivity index (χ4v) is 5.66. The number of esters is 1. The highest BCUT2D eigenvalue weighted by atomic mass is 35.5. The van der Waals surface area contributed by atoms with Gasteiger partial charge in [-0.25, -0.2) is 4.79 Å². The molecule has 2 aromatic rings. The molecule has 2 N–H and O–H groups in total. The van der Waals surface area contributed by atoms with Gasteiger partial charge in [-0.05, 0) is 29.8 Å². The molecule has 0 atom stereocenters. The van der Waals surface area contributed by atoms with Gasteiger partial charge in [0, 0.05) is 11.5 Å². The molecule has 2 aromatic carbocycles. The van der Waals surface area contributed by atoms with Crippen LogP contribution in [0.5, 0.6) is 17.2 Å². The molecule has 0 spiro atoms. The quantitative estimate of drug-likeness (QED) is 0.516. The lowest BCUT2D eigenvalue weighted by Crippen LogP contribution is -2.20. The van der Waals surface area contributed by atoms with Crippen LogP contribution in [0.25, 0.3) is 0 Å². The number of carbonyl (C=O) groups excluding carboxylic acids is 2. The molecule has 0 aliphatic carbocycles. The van der Waals surface area contributed by atoms with E-state index in [1.54, 1.807) is 12.1 Å². The number of hydrogen-bond donors (Lipinski definition) is 1. The van der Waals surface area contributed by atoms with Crippen molar-refractivity contribution in [3.8, 4) is 17.2 Å². The molecule has 1 saturated heterocycles. The third kappa shape index (κ3) is 5.06. The van der Waals surface area contributed by atoms with E-state index in [9.17, 15) is 9.59 Å². The normalized spacial score (nSPS) is 13.9. The van der Waals surface area contributed by atoms with Crippen molar-refractivity contribution in [3.63, 3.8) is 0 Å². The van der Waals surface area contributed by atoms with Crippen LogP contribution in [0.3, 0.4) is 0 Å². The first-order valence-electron chi connectivity index (χ1n) is 8.32. The number of ether oxygens (including phenoxy) is 3.